The van der Waals surface area contributed by atoms with E-state index in [1.807, 2.05) is 6.07 Å². The molecule has 2 N–H and O–H groups in total. The molecule has 1 saturated carbocycles. The number of nitrogens with one attached hydrogen (secondary N) is 2. The van der Waals surface area contributed by atoms with Crippen LogP contribution >= 0.6 is 0 Å². The van der Waals surface area contributed by atoms with Gasteiger partial charge in [-0.25, -0.2) is 9.50 Å². The molecule has 1 aliphatic carbocycles. The summed E-state index contributed by atoms with van der Waals surface area (Å²) < 4.78 is 1.44. The second kappa shape index (κ2) is 5.10. The van der Waals surface area contributed by atoms with Gasteiger partial charge >= 0.3 is 0 Å². The van der Waals surface area contributed by atoms with Crippen LogP contribution in [0.4, 0.5) is 0 Å². The molecule has 1 aliphatic rings. The largest absolute Gasteiger partial charge is 0.302 e. The van der Waals surface area contributed by atoms with Gasteiger partial charge in [-0.1, -0.05) is 30.3 Å². The molecule has 0 aliphatic heterocycles. The van der Waals surface area contributed by atoms with Gasteiger partial charge in [0.25, 0.3) is 5.56 Å². The molecule has 0 spiro atoms. The van der Waals surface area contributed by atoms with Crippen molar-refractivity contribution in [3.8, 4) is 0 Å². The summed E-state index contributed by atoms with van der Waals surface area (Å²) in [4.78, 5) is 16.5. The van der Waals surface area contributed by atoms with E-state index in [1.165, 1.54) is 16.5 Å². The average molecular weight is 294 g/mol. The summed E-state index contributed by atoms with van der Waals surface area (Å²) in [6.07, 6.45) is 5.21. The Morgan fingerprint density at radius 2 is 2.05 bits per heavy atom. The molecule has 1 fully saturated rings. The van der Waals surface area contributed by atoms with Crippen molar-refractivity contribution in [3.63, 3.8) is 0 Å². The fraction of sp³-hybridized carbons (Fsp3) is 0.294. The first kappa shape index (κ1) is 13.3. The van der Waals surface area contributed by atoms with Gasteiger partial charge in [-0.3, -0.25) is 9.89 Å². The van der Waals surface area contributed by atoms with Crippen molar-refractivity contribution in [2.75, 3.05) is 0 Å². The zero-order valence-corrected chi connectivity index (χ0v) is 12.2. The molecule has 0 atom stereocenters. The van der Waals surface area contributed by atoms with E-state index in [0.717, 1.165) is 18.5 Å². The van der Waals surface area contributed by atoms with Gasteiger partial charge in [0, 0.05) is 30.4 Å². The molecule has 0 unspecified atom stereocenters. The first-order valence-corrected chi connectivity index (χ1v) is 7.64. The highest BCUT2D eigenvalue weighted by atomic mass is 16.1. The minimum atomic E-state index is -0.0748. The minimum Gasteiger partial charge on any atom is -0.302 e. The second-order valence-electron chi connectivity index (χ2n) is 5.90. The second-order valence-corrected chi connectivity index (χ2v) is 5.90. The Morgan fingerprint density at radius 1 is 1.23 bits per heavy atom. The monoisotopic (exact) mass is 294 g/mol. The predicted molar refractivity (Wildman–Crippen MR) is 84.6 cm³/mol. The summed E-state index contributed by atoms with van der Waals surface area (Å²) >= 11 is 0. The number of fused-ring (bicyclic) bond motifs is 1. The third kappa shape index (κ3) is 2.14. The molecule has 2 aromatic heterocycles. The molecule has 0 amide bonds. The van der Waals surface area contributed by atoms with E-state index < -0.39 is 0 Å². The number of aromatic amines is 1. The van der Waals surface area contributed by atoms with Gasteiger partial charge in [-0.2, -0.15) is 0 Å². The van der Waals surface area contributed by atoms with Gasteiger partial charge in [0.05, 0.1) is 5.69 Å². The highest BCUT2D eigenvalue weighted by molar-refractivity contribution is 5.36. The van der Waals surface area contributed by atoms with Crippen LogP contribution in [0.2, 0.25) is 0 Å². The lowest BCUT2D eigenvalue weighted by Gasteiger charge is -2.43. The SMILES string of the molecule is O=c1cc(CNC2(c3ccccc3)CCC2)nc2cc[nH]n12. The zero-order chi connectivity index (χ0) is 15.0. The van der Waals surface area contributed by atoms with Gasteiger partial charge in [-0.05, 0) is 24.8 Å². The smallest absolute Gasteiger partial charge is 0.272 e. The van der Waals surface area contributed by atoms with Gasteiger partial charge in [-0.15, -0.1) is 0 Å². The molecule has 0 bridgehead atoms. The number of benzene rings is 1. The van der Waals surface area contributed by atoms with Crippen molar-refractivity contribution < 1.29 is 0 Å². The maximum absolute atomic E-state index is 12.0. The average Bonchev–Trinajstić information content (AvgIpc) is 2.96. The Labute approximate surface area is 128 Å². The number of hydrogen-bond acceptors (Lipinski definition) is 3. The molecule has 112 valence electrons. The summed E-state index contributed by atoms with van der Waals surface area (Å²) in [5.41, 5.74) is 2.72. The van der Waals surface area contributed by atoms with Crippen LogP contribution in [0.1, 0.15) is 30.5 Å². The molecular formula is C17H18N4O. The number of rotatable bonds is 4. The molecule has 22 heavy (non-hydrogen) atoms. The zero-order valence-electron chi connectivity index (χ0n) is 12.2. The van der Waals surface area contributed by atoms with Crippen LogP contribution in [0.3, 0.4) is 0 Å². The molecule has 1 aromatic carbocycles. The van der Waals surface area contributed by atoms with Crippen molar-refractivity contribution in [3.05, 3.63) is 70.3 Å². The fourth-order valence-corrected chi connectivity index (χ4v) is 3.18. The summed E-state index contributed by atoms with van der Waals surface area (Å²) in [5.74, 6) is 0. The Morgan fingerprint density at radius 3 is 2.77 bits per heavy atom. The van der Waals surface area contributed by atoms with Crippen LogP contribution in [-0.2, 0) is 12.1 Å². The van der Waals surface area contributed by atoms with Crippen molar-refractivity contribution >= 4 is 5.65 Å². The van der Waals surface area contributed by atoms with Crippen LogP contribution in [0.5, 0.6) is 0 Å². The van der Waals surface area contributed by atoms with E-state index in [2.05, 4.69) is 39.7 Å². The van der Waals surface area contributed by atoms with E-state index in [0.29, 0.717) is 12.2 Å². The van der Waals surface area contributed by atoms with Crippen molar-refractivity contribution in [2.24, 2.45) is 0 Å². The van der Waals surface area contributed by atoms with Gasteiger partial charge in [0.2, 0.25) is 0 Å². The topological polar surface area (TPSA) is 62.2 Å². The normalized spacial score (nSPS) is 16.5. The quantitative estimate of drug-likeness (QED) is 0.775. The highest BCUT2D eigenvalue weighted by Crippen LogP contribution is 2.41. The van der Waals surface area contributed by atoms with Crippen LogP contribution in [0, 0.1) is 0 Å². The molecule has 2 heterocycles. The van der Waals surface area contributed by atoms with Crippen molar-refractivity contribution in [1.82, 2.24) is 19.9 Å². The van der Waals surface area contributed by atoms with Crippen LogP contribution < -0.4 is 10.9 Å². The van der Waals surface area contributed by atoms with Crippen LogP contribution in [0.25, 0.3) is 5.65 Å². The number of aromatic nitrogens is 3. The molecular weight excluding hydrogens is 276 g/mol. The number of H-pyrrole nitrogens is 1. The van der Waals surface area contributed by atoms with E-state index in [-0.39, 0.29) is 11.1 Å². The highest BCUT2D eigenvalue weighted by Gasteiger charge is 2.37. The lowest BCUT2D eigenvalue weighted by atomic mass is 9.72. The van der Waals surface area contributed by atoms with Crippen LogP contribution in [-0.4, -0.2) is 14.6 Å². The Hall–Kier alpha value is -2.40. The molecule has 0 radical (unpaired) electrons. The molecule has 3 aromatic rings. The number of nitrogens with zero attached hydrogens (tertiary/aromatic N) is 2. The molecule has 5 heteroatoms. The van der Waals surface area contributed by atoms with Crippen molar-refractivity contribution in [1.29, 1.82) is 0 Å². The first-order valence-electron chi connectivity index (χ1n) is 7.64. The molecule has 4 rings (SSSR count). The van der Waals surface area contributed by atoms with Gasteiger partial charge in [0.15, 0.2) is 5.65 Å². The third-order valence-corrected chi connectivity index (χ3v) is 4.58. The van der Waals surface area contributed by atoms with E-state index in [4.69, 9.17) is 0 Å². The predicted octanol–water partition coefficient (Wildman–Crippen LogP) is 2.19. The summed E-state index contributed by atoms with van der Waals surface area (Å²) in [6.45, 7) is 0.603. The summed E-state index contributed by atoms with van der Waals surface area (Å²) in [6, 6.07) is 13.9. The molecule has 0 saturated heterocycles. The van der Waals surface area contributed by atoms with E-state index in [9.17, 15) is 4.79 Å². The minimum absolute atomic E-state index is 0.0340. The standard InChI is InChI=1S/C17H18N4O/c22-16-11-14(20-15-7-10-19-21(15)16)12-18-17(8-4-9-17)13-5-2-1-3-6-13/h1-3,5-7,10-11,18-19H,4,8-9,12H2. The lowest BCUT2D eigenvalue weighted by Crippen LogP contribution is -2.47. The lowest BCUT2D eigenvalue weighted by molar-refractivity contribution is 0.183. The van der Waals surface area contributed by atoms with Gasteiger partial charge in [0.1, 0.15) is 0 Å². The van der Waals surface area contributed by atoms with Gasteiger partial charge < -0.3 is 5.32 Å². The Bertz CT molecular complexity index is 846. The maximum Gasteiger partial charge on any atom is 0.272 e. The fourth-order valence-electron chi connectivity index (χ4n) is 3.18. The summed E-state index contributed by atoms with van der Waals surface area (Å²) in [7, 11) is 0. The Balaban J connectivity index is 1.59. The van der Waals surface area contributed by atoms with Crippen LogP contribution in [0.15, 0.2) is 53.5 Å². The molecule has 5 nitrogen and oxygen atoms in total. The van der Waals surface area contributed by atoms with Crippen molar-refractivity contribution in [2.45, 2.75) is 31.3 Å². The maximum atomic E-state index is 12.0. The number of hydrogen-bond donors (Lipinski definition) is 2. The summed E-state index contributed by atoms with van der Waals surface area (Å²) in [5, 5.41) is 6.49. The van der Waals surface area contributed by atoms with E-state index >= 15 is 0 Å². The Kier molecular flexibility index (Phi) is 3.08. The third-order valence-electron chi connectivity index (χ3n) is 4.58. The first-order chi connectivity index (χ1) is 10.8. The van der Waals surface area contributed by atoms with E-state index in [1.54, 1.807) is 18.3 Å².